The van der Waals surface area contributed by atoms with Gasteiger partial charge >= 0.3 is 6.09 Å². The van der Waals surface area contributed by atoms with Crippen LogP contribution < -0.4 is 0 Å². The molecule has 1 aliphatic rings. The van der Waals surface area contributed by atoms with Gasteiger partial charge in [-0.15, -0.1) is 0 Å². The highest BCUT2D eigenvalue weighted by Gasteiger charge is 2.65. The first-order chi connectivity index (χ1) is 14.0. The van der Waals surface area contributed by atoms with Crippen LogP contribution in [0.5, 0.6) is 0 Å². The lowest BCUT2D eigenvalue weighted by Gasteiger charge is -2.55. The van der Waals surface area contributed by atoms with Crippen LogP contribution in [0, 0.1) is 0 Å². The zero-order valence-electron chi connectivity index (χ0n) is 18.5. The minimum atomic E-state index is -2.29. The molecule has 2 atom stereocenters. The van der Waals surface area contributed by atoms with Crippen LogP contribution in [0.3, 0.4) is 0 Å². The quantitative estimate of drug-likeness (QED) is 0.492. The number of hydrogen-bond donors (Lipinski definition) is 0. The van der Waals surface area contributed by atoms with Crippen molar-refractivity contribution in [1.29, 1.82) is 0 Å². The number of benzene rings is 1. The molecule has 3 rings (SSSR count). The third-order valence-corrected chi connectivity index (χ3v) is 10.6. The first kappa shape index (κ1) is 22.2. The van der Waals surface area contributed by atoms with Crippen LogP contribution in [-0.2, 0) is 20.6 Å². The van der Waals surface area contributed by atoms with E-state index in [2.05, 4.69) is 38.8 Å². The van der Waals surface area contributed by atoms with Gasteiger partial charge in [-0.25, -0.2) is 9.69 Å². The third-order valence-electron chi connectivity index (χ3n) is 6.07. The van der Waals surface area contributed by atoms with Gasteiger partial charge in [-0.1, -0.05) is 57.2 Å². The molecule has 2 aromatic rings. The number of ether oxygens (including phenoxy) is 1. The molecule has 1 fully saturated rings. The van der Waals surface area contributed by atoms with E-state index in [1.807, 2.05) is 42.5 Å². The molecule has 0 aliphatic carbocycles. The van der Waals surface area contributed by atoms with Crippen LogP contribution in [0.1, 0.15) is 45.0 Å². The van der Waals surface area contributed by atoms with Crippen molar-refractivity contribution in [3.63, 3.8) is 0 Å². The Kier molecular flexibility index (Phi) is 5.89. The Bertz CT molecular complexity index is 912. The molecule has 1 saturated heterocycles. The first-order valence-corrected chi connectivity index (χ1v) is 13.0. The summed E-state index contributed by atoms with van der Waals surface area (Å²) in [7, 11) is -2.29. The molecule has 0 radical (unpaired) electrons. The topological polar surface area (TPSA) is 68.7 Å². The molecule has 30 heavy (non-hydrogen) atoms. The maximum Gasteiger partial charge on any atom is 0.417 e. The summed E-state index contributed by atoms with van der Waals surface area (Å²) in [5, 5.41) is -0.0841. The SMILES string of the molecule is CC(C)(C)[Si](C)(C)O[C@@]1(C)C(=O)N(C(=O)OCc2ccccc2)[C@H]1c1ccccn1. The largest absolute Gasteiger partial charge is 0.444 e. The molecule has 0 N–H and O–H groups in total. The lowest BCUT2D eigenvalue weighted by Crippen LogP contribution is -2.72. The van der Waals surface area contributed by atoms with E-state index >= 15 is 0 Å². The molecule has 6 nitrogen and oxygen atoms in total. The van der Waals surface area contributed by atoms with E-state index in [0.717, 1.165) is 10.5 Å². The van der Waals surface area contributed by atoms with Gasteiger partial charge in [0, 0.05) is 6.20 Å². The van der Waals surface area contributed by atoms with Crippen LogP contribution in [0.25, 0.3) is 0 Å². The maximum atomic E-state index is 13.2. The molecule has 0 spiro atoms. The summed E-state index contributed by atoms with van der Waals surface area (Å²) in [6.07, 6.45) is 0.967. The normalized spacial score (nSPS) is 21.9. The smallest absolute Gasteiger partial charge is 0.417 e. The van der Waals surface area contributed by atoms with Crippen LogP contribution in [0.4, 0.5) is 4.79 Å². The van der Waals surface area contributed by atoms with Crippen LogP contribution in [0.15, 0.2) is 54.7 Å². The molecule has 160 valence electrons. The van der Waals surface area contributed by atoms with Crippen LogP contribution in [0.2, 0.25) is 18.1 Å². The second-order valence-electron chi connectivity index (χ2n) is 9.34. The highest BCUT2D eigenvalue weighted by Crippen LogP contribution is 2.50. The van der Waals surface area contributed by atoms with Crippen molar-refractivity contribution >= 4 is 20.3 Å². The molecular weight excluding hydrogens is 396 g/mol. The van der Waals surface area contributed by atoms with Gasteiger partial charge in [0.25, 0.3) is 5.91 Å². The zero-order valence-corrected chi connectivity index (χ0v) is 19.5. The van der Waals surface area contributed by atoms with Crippen molar-refractivity contribution in [2.24, 2.45) is 0 Å². The average molecular weight is 427 g/mol. The fourth-order valence-electron chi connectivity index (χ4n) is 3.37. The van der Waals surface area contributed by atoms with Crippen molar-refractivity contribution in [2.75, 3.05) is 0 Å². The molecule has 1 aromatic carbocycles. The number of rotatable bonds is 5. The number of carbonyl (C=O) groups is 2. The van der Waals surface area contributed by atoms with Gasteiger partial charge in [-0.3, -0.25) is 9.78 Å². The molecule has 7 heteroatoms. The van der Waals surface area contributed by atoms with Crippen molar-refractivity contribution in [3.8, 4) is 0 Å². The number of amides is 2. The van der Waals surface area contributed by atoms with E-state index in [-0.39, 0.29) is 17.6 Å². The number of pyridine rings is 1. The number of imide groups is 1. The number of carbonyl (C=O) groups excluding carboxylic acids is 2. The van der Waals surface area contributed by atoms with E-state index in [4.69, 9.17) is 9.16 Å². The fraction of sp³-hybridized carbons (Fsp3) is 0.435. The van der Waals surface area contributed by atoms with Crippen LogP contribution in [-0.4, -0.2) is 35.8 Å². The number of nitrogens with zero attached hydrogens (tertiary/aromatic N) is 2. The van der Waals surface area contributed by atoms with Crippen molar-refractivity contribution in [1.82, 2.24) is 9.88 Å². The Hall–Kier alpha value is -2.51. The van der Waals surface area contributed by atoms with Gasteiger partial charge in [-0.2, -0.15) is 0 Å². The second-order valence-corrected chi connectivity index (χ2v) is 14.1. The van der Waals surface area contributed by atoms with Crippen LogP contribution >= 0.6 is 0 Å². The second kappa shape index (κ2) is 7.96. The van der Waals surface area contributed by atoms with Gasteiger partial charge < -0.3 is 9.16 Å². The van der Waals surface area contributed by atoms with E-state index in [1.165, 1.54) is 0 Å². The van der Waals surface area contributed by atoms with E-state index in [1.54, 1.807) is 19.2 Å². The first-order valence-electron chi connectivity index (χ1n) is 10.1. The van der Waals surface area contributed by atoms with E-state index in [9.17, 15) is 9.59 Å². The highest BCUT2D eigenvalue weighted by atomic mass is 28.4. The van der Waals surface area contributed by atoms with Gasteiger partial charge in [0.15, 0.2) is 13.9 Å². The molecule has 1 aliphatic heterocycles. The molecule has 2 heterocycles. The number of β-lactam (4-membered cyclic amide) rings is 1. The predicted molar refractivity (Wildman–Crippen MR) is 117 cm³/mol. The average Bonchev–Trinajstić information content (AvgIpc) is 2.70. The Morgan fingerprint density at radius 2 is 1.77 bits per heavy atom. The molecule has 0 unspecified atom stereocenters. The minimum Gasteiger partial charge on any atom is -0.444 e. The van der Waals surface area contributed by atoms with Gasteiger partial charge in [0.05, 0.1) is 5.69 Å². The lowest BCUT2D eigenvalue weighted by atomic mass is 9.82. The van der Waals surface area contributed by atoms with Gasteiger partial charge in [-0.05, 0) is 42.8 Å². The summed E-state index contributed by atoms with van der Waals surface area (Å²) in [5.74, 6) is -0.388. The fourth-order valence-corrected chi connectivity index (χ4v) is 4.93. The molecular formula is C23H30N2O4Si. The van der Waals surface area contributed by atoms with Crippen molar-refractivity contribution in [3.05, 3.63) is 66.0 Å². The van der Waals surface area contributed by atoms with E-state index in [0.29, 0.717) is 5.69 Å². The Balaban J connectivity index is 1.87. The Labute approximate surface area is 179 Å². The lowest BCUT2D eigenvalue weighted by molar-refractivity contribution is -0.180. The summed E-state index contributed by atoms with van der Waals surface area (Å²) >= 11 is 0. The molecule has 0 saturated carbocycles. The zero-order chi connectivity index (χ0) is 22.2. The monoisotopic (exact) mass is 426 g/mol. The summed E-state index contributed by atoms with van der Waals surface area (Å²) in [5.41, 5.74) is 0.298. The highest BCUT2D eigenvalue weighted by molar-refractivity contribution is 6.74. The minimum absolute atomic E-state index is 0.0841. The molecule has 2 amide bonds. The summed E-state index contributed by atoms with van der Waals surface area (Å²) in [6.45, 7) is 12.4. The van der Waals surface area contributed by atoms with Gasteiger partial charge in [0.1, 0.15) is 12.6 Å². The number of likely N-dealkylation sites (tertiary alicyclic amines) is 1. The Morgan fingerprint density at radius 3 is 2.33 bits per heavy atom. The van der Waals surface area contributed by atoms with Crippen molar-refractivity contribution in [2.45, 2.75) is 64.1 Å². The van der Waals surface area contributed by atoms with Crippen molar-refractivity contribution < 1.29 is 18.8 Å². The van der Waals surface area contributed by atoms with E-state index < -0.39 is 26.1 Å². The van der Waals surface area contributed by atoms with Gasteiger partial charge in [0.2, 0.25) is 0 Å². The maximum absolute atomic E-state index is 13.2. The summed E-state index contributed by atoms with van der Waals surface area (Å²) < 4.78 is 12.0. The molecule has 0 bridgehead atoms. The summed E-state index contributed by atoms with van der Waals surface area (Å²) in [6, 6.07) is 14.2. The molecule has 1 aromatic heterocycles. The predicted octanol–water partition coefficient (Wildman–Crippen LogP) is 5.08. The third kappa shape index (κ3) is 4.04. The number of aromatic nitrogens is 1. The standard InChI is InChI=1S/C23H30N2O4Si/c1-22(2,3)30(5,6)29-23(4)19(18-14-10-11-15-24-18)25(20(23)26)21(27)28-16-17-12-8-7-9-13-17/h7-15,19H,16H2,1-6H3/t19-,23+/m0/s1. The Morgan fingerprint density at radius 1 is 1.13 bits per heavy atom. The summed E-state index contributed by atoms with van der Waals surface area (Å²) in [4.78, 5) is 31.6. The number of hydrogen-bond acceptors (Lipinski definition) is 5.